The number of rotatable bonds is 2. The summed E-state index contributed by atoms with van der Waals surface area (Å²) < 4.78 is 0. The third-order valence-corrected chi connectivity index (χ3v) is 1.90. The van der Waals surface area contributed by atoms with Gasteiger partial charge in [0.1, 0.15) is 0 Å². The van der Waals surface area contributed by atoms with Gasteiger partial charge in [0.15, 0.2) is 5.78 Å². The second kappa shape index (κ2) is 3.91. The Kier molecular flexibility index (Phi) is 3.91. The SMILES string of the molecule is CCC(Cl)=C(Cl)C(C)=O. The summed E-state index contributed by atoms with van der Waals surface area (Å²) in [6.45, 7) is 3.23. The molecule has 52 valence electrons. The molecule has 0 aromatic rings. The minimum Gasteiger partial charge on any atom is -0.293 e. The highest BCUT2D eigenvalue weighted by molar-refractivity contribution is 6.48. The fourth-order valence-corrected chi connectivity index (χ4v) is 0.613. The number of carbonyl (C=O) groups excluding carboxylic acids is 1. The molecule has 0 amide bonds. The van der Waals surface area contributed by atoms with E-state index < -0.39 is 0 Å². The van der Waals surface area contributed by atoms with Crippen LogP contribution in [0.3, 0.4) is 0 Å². The van der Waals surface area contributed by atoms with Crippen molar-refractivity contribution in [3.8, 4) is 0 Å². The van der Waals surface area contributed by atoms with E-state index in [-0.39, 0.29) is 10.8 Å². The van der Waals surface area contributed by atoms with E-state index in [2.05, 4.69) is 0 Å². The molecular weight excluding hydrogens is 159 g/mol. The van der Waals surface area contributed by atoms with Gasteiger partial charge in [-0.3, -0.25) is 4.79 Å². The molecule has 0 radical (unpaired) electrons. The highest BCUT2D eigenvalue weighted by atomic mass is 35.5. The van der Waals surface area contributed by atoms with Crippen molar-refractivity contribution >= 4 is 29.0 Å². The monoisotopic (exact) mass is 166 g/mol. The Morgan fingerprint density at radius 1 is 1.44 bits per heavy atom. The molecule has 1 nitrogen and oxygen atoms in total. The summed E-state index contributed by atoms with van der Waals surface area (Å²) in [4.78, 5) is 10.5. The first-order valence-electron chi connectivity index (χ1n) is 2.64. The summed E-state index contributed by atoms with van der Waals surface area (Å²) in [6.07, 6.45) is 0.611. The Morgan fingerprint density at radius 2 is 1.89 bits per heavy atom. The lowest BCUT2D eigenvalue weighted by Gasteiger charge is -1.93. The molecule has 0 spiro atoms. The Morgan fingerprint density at radius 3 is 2.00 bits per heavy atom. The zero-order valence-electron chi connectivity index (χ0n) is 5.37. The molecule has 0 atom stereocenters. The standard InChI is InChI=1S/C6H8Cl2O/c1-3-5(7)6(8)4(2)9/h3H2,1-2H3. The molecule has 0 aliphatic rings. The Labute approximate surface area is 64.6 Å². The van der Waals surface area contributed by atoms with Crippen molar-refractivity contribution in [2.24, 2.45) is 0 Å². The Balaban J connectivity index is 4.28. The second-order valence-electron chi connectivity index (χ2n) is 1.63. The van der Waals surface area contributed by atoms with Crippen molar-refractivity contribution in [1.82, 2.24) is 0 Å². The molecular formula is C6H8Cl2O. The van der Waals surface area contributed by atoms with Crippen molar-refractivity contribution in [3.63, 3.8) is 0 Å². The van der Waals surface area contributed by atoms with Crippen LogP contribution < -0.4 is 0 Å². The van der Waals surface area contributed by atoms with Crippen molar-refractivity contribution in [1.29, 1.82) is 0 Å². The number of hydrogen-bond donors (Lipinski definition) is 0. The van der Waals surface area contributed by atoms with Crippen molar-refractivity contribution < 1.29 is 4.79 Å². The molecule has 0 heterocycles. The number of Topliss-reactive ketones (excluding diaryl/α,β-unsaturated/α-hetero) is 1. The van der Waals surface area contributed by atoms with E-state index >= 15 is 0 Å². The van der Waals surface area contributed by atoms with Gasteiger partial charge in [-0.1, -0.05) is 30.1 Å². The van der Waals surface area contributed by atoms with E-state index in [1.165, 1.54) is 6.92 Å². The highest BCUT2D eigenvalue weighted by Gasteiger charge is 2.03. The molecule has 0 rings (SSSR count). The molecule has 0 aliphatic heterocycles. The maximum absolute atomic E-state index is 10.5. The van der Waals surface area contributed by atoms with E-state index in [9.17, 15) is 4.79 Å². The summed E-state index contributed by atoms with van der Waals surface area (Å²) in [7, 11) is 0. The molecule has 0 aromatic carbocycles. The first-order chi connectivity index (χ1) is 4.09. The van der Waals surface area contributed by atoms with Gasteiger partial charge in [0, 0.05) is 12.0 Å². The lowest BCUT2D eigenvalue weighted by atomic mass is 10.3. The van der Waals surface area contributed by atoms with Gasteiger partial charge >= 0.3 is 0 Å². The first-order valence-corrected chi connectivity index (χ1v) is 3.40. The van der Waals surface area contributed by atoms with E-state index in [1.54, 1.807) is 0 Å². The Bertz CT molecular complexity index is 149. The number of halogens is 2. The van der Waals surface area contributed by atoms with E-state index in [0.29, 0.717) is 11.5 Å². The largest absolute Gasteiger partial charge is 0.293 e. The Hall–Kier alpha value is -0.0100. The molecule has 0 saturated heterocycles. The number of carbonyl (C=O) groups is 1. The minimum absolute atomic E-state index is 0.152. The van der Waals surface area contributed by atoms with Gasteiger partial charge in [0.2, 0.25) is 0 Å². The van der Waals surface area contributed by atoms with E-state index in [4.69, 9.17) is 23.2 Å². The van der Waals surface area contributed by atoms with Crippen LogP contribution in [-0.4, -0.2) is 5.78 Å². The van der Waals surface area contributed by atoms with Crippen LogP contribution in [0.4, 0.5) is 0 Å². The summed E-state index contributed by atoms with van der Waals surface area (Å²) in [6, 6.07) is 0. The van der Waals surface area contributed by atoms with Crippen LogP contribution in [0.25, 0.3) is 0 Å². The van der Waals surface area contributed by atoms with E-state index in [0.717, 1.165) is 0 Å². The van der Waals surface area contributed by atoms with Crippen LogP contribution >= 0.6 is 23.2 Å². The maximum Gasteiger partial charge on any atom is 0.172 e. The van der Waals surface area contributed by atoms with Gasteiger partial charge in [0.25, 0.3) is 0 Å². The molecule has 0 aliphatic carbocycles. The summed E-state index contributed by atoms with van der Waals surface area (Å²) in [5.74, 6) is -0.177. The van der Waals surface area contributed by atoms with E-state index in [1.807, 2.05) is 6.92 Å². The normalized spacial score (nSPS) is 12.9. The summed E-state index contributed by atoms with van der Waals surface area (Å²) in [5.41, 5.74) is 0. The fraction of sp³-hybridized carbons (Fsp3) is 0.500. The number of ketones is 1. The molecule has 0 N–H and O–H groups in total. The van der Waals surface area contributed by atoms with Crippen LogP contribution in [0.1, 0.15) is 20.3 Å². The van der Waals surface area contributed by atoms with Gasteiger partial charge in [0.05, 0.1) is 5.03 Å². The zero-order chi connectivity index (χ0) is 7.44. The lowest BCUT2D eigenvalue weighted by molar-refractivity contribution is -0.113. The topological polar surface area (TPSA) is 17.1 Å². The van der Waals surface area contributed by atoms with Gasteiger partial charge in [-0.05, 0) is 6.42 Å². The van der Waals surface area contributed by atoms with Gasteiger partial charge in [-0.25, -0.2) is 0 Å². The highest BCUT2D eigenvalue weighted by Crippen LogP contribution is 2.17. The van der Waals surface area contributed by atoms with Crippen LogP contribution in [0.2, 0.25) is 0 Å². The smallest absolute Gasteiger partial charge is 0.172 e. The second-order valence-corrected chi connectivity index (χ2v) is 2.46. The van der Waals surface area contributed by atoms with Crippen LogP contribution in [-0.2, 0) is 4.79 Å². The first kappa shape index (κ1) is 8.99. The zero-order valence-corrected chi connectivity index (χ0v) is 6.88. The lowest BCUT2D eigenvalue weighted by Crippen LogP contribution is -1.90. The minimum atomic E-state index is -0.177. The molecule has 9 heavy (non-hydrogen) atoms. The summed E-state index contributed by atoms with van der Waals surface area (Å²) in [5, 5.41) is 0.586. The van der Waals surface area contributed by atoms with Crippen LogP contribution in [0.5, 0.6) is 0 Å². The molecule has 0 bridgehead atoms. The fourth-order valence-electron chi connectivity index (χ4n) is 0.346. The quantitative estimate of drug-likeness (QED) is 0.577. The van der Waals surface area contributed by atoms with Gasteiger partial charge < -0.3 is 0 Å². The van der Waals surface area contributed by atoms with Crippen molar-refractivity contribution in [3.05, 3.63) is 10.1 Å². The average molecular weight is 167 g/mol. The van der Waals surface area contributed by atoms with Crippen LogP contribution in [0, 0.1) is 0 Å². The third-order valence-electron chi connectivity index (χ3n) is 0.858. The molecule has 0 fully saturated rings. The summed E-state index contributed by atoms with van der Waals surface area (Å²) >= 11 is 11.0. The molecule has 0 aromatic heterocycles. The molecule has 0 unspecified atom stereocenters. The van der Waals surface area contributed by atoms with Crippen molar-refractivity contribution in [2.45, 2.75) is 20.3 Å². The molecule has 0 saturated carbocycles. The number of hydrogen-bond acceptors (Lipinski definition) is 1. The van der Waals surface area contributed by atoms with Crippen molar-refractivity contribution in [2.75, 3.05) is 0 Å². The predicted molar refractivity (Wildman–Crippen MR) is 39.7 cm³/mol. The van der Waals surface area contributed by atoms with Crippen LogP contribution in [0.15, 0.2) is 10.1 Å². The maximum atomic E-state index is 10.5. The average Bonchev–Trinajstić information content (AvgIpc) is 1.84. The molecule has 3 heteroatoms. The van der Waals surface area contributed by atoms with Gasteiger partial charge in [-0.2, -0.15) is 0 Å². The number of allylic oxidation sites excluding steroid dienone is 2. The van der Waals surface area contributed by atoms with Gasteiger partial charge in [-0.15, -0.1) is 0 Å². The third kappa shape index (κ3) is 2.87. The predicted octanol–water partition coefficient (Wildman–Crippen LogP) is 2.67.